The number of esters is 1. The lowest BCUT2D eigenvalue weighted by Gasteiger charge is -2.14. The van der Waals surface area contributed by atoms with E-state index in [1.165, 1.54) is 14.0 Å². The molecule has 2 rings (SSSR count). The van der Waals surface area contributed by atoms with Gasteiger partial charge in [-0.15, -0.1) is 0 Å². The molecule has 1 amide bonds. The van der Waals surface area contributed by atoms with Crippen molar-refractivity contribution in [1.82, 2.24) is 10.3 Å². The maximum Gasteiger partial charge on any atom is 0.328 e. The second-order valence-corrected chi connectivity index (χ2v) is 4.34. The quantitative estimate of drug-likeness (QED) is 0.849. The summed E-state index contributed by atoms with van der Waals surface area (Å²) in [7, 11) is 1.31. The van der Waals surface area contributed by atoms with E-state index in [1.807, 2.05) is 44.3 Å². The largest absolute Gasteiger partial charge is 0.467 e. The number of nitrogens with one attached hydrogen (secondary N) is 2. The molecule has 0 radical (unpaired) electrons. The molecule has 0 aliphatic rings. The summed E-state index contributed by atoms with van der Waals surface area (Å²) in [6.07, 6.45) is 2.25. The fourth-order valence-corrected chi connectivity index (χ4v) is 2.10. The zero-order valence-corrected chi connectivity index (χ0v) is 12.9. The van der Waals surface area contributed by atoms with Gasteiger partial charge in [0.1, 0.15) is 6.04 Å². The Labute approximate surface area is 124 Å². The van der Waals surface area contributed by atoms with Gasteiger partial charge in [-0.2, -0.15) is 0 Å². The Morgan fingerprint density at radius 2 is 1.95 bits per heavy atom. The maximum atomic E-state index is 11.7. The number of rotatable bonds is 4. The van der Waals surface area contributed by atoms with Crippen molar-refractivity contribution in [3.63, 3.8) is 0 Å². The topological polar surface area (TPSA) is 71.2 Å². The molecule has 0 aliphatic carbocycles. The minimum atomic E-state index is -0.665. The number of benzene rings is 1. The second kappa shape index (κ2) is 8.09. The molecule has 2 aromatic rings. The van der Waals surface area contributed by atoms with Crippen LogP contribution in [0.3, 0.4) is 0 Å². The van der Waals surface area contributed by atoms with Crippen LogP contribution in [0.15, 0.2) is 30.5 Å². The zero-order valence-electron chi connectivity index (χ0n) is 12.9. The third-order valence-corrected chi connectivity index (χ3v) is 2.96. The van der Waals surface area contributed by atoms with Gasteiger partial charge in [-0.25, -0.2) is 4.79 Å². The van der Waals surface area contributed by atoms with E-state index < -0.39 is 12.0 Å². The van der Waals surface area contributed by atoms with E-state index in [2.05, 4.69) is 10.3 Å². The molecular weight excluding hydrogens is 268 g/mol. The molecule has 0 bridgehead atoms. The summed E-state index contributed by atoms with van der Waals surface area (Å²) >= 11 is 0. The van der Waals surface area contributed by atoms with E-state index in [4.69, 9.17) is 4.74 Å². The average molecular weight is 290 g/mol. The minimum Gasteiger partial charge on any atom is -0.467 e. The summed E-state index contributed by atoms with van der Waals surface area (Å²) in [6, 6.07) is 7.15. The van der Waals surface area contributed by atoms with E-state index >= 15 is 0 Å². The normalized spacial score (nSPS) is 11.2. The van der Waals surface area contributed by atoms with Crippen LogP contribution in [0, 0.1) is 0 Å². The predicted octanol–water partition coefficient (Wildman–Crippen LogP) is 2.41. The van der Waals surface area contributed by atoms with Gasteiger partial charge < -0.3 is 15.0 Å². The van der Waals surface area contributed by atoms with Crippen LogP contribution >= 0.6 is 0 Å². The Bertz CT molecular complexity index is 604. The van der Waals surface area contributed by atoms with Crippen LogP contribution in [-0.4, -0.2) is 30.0 Å². The van der Waals surface area contributed by atoms with Crippen LogP contribution in [0.1, 0.15) is 26.3 Å². The highest BCUT2D eigenvalue weighted by molar-refractivity contribution is 5.86. The van der Waals surface area contributed by atoms with Gasteiger partial charge in [0, 0.05) is 30.4 Å². The highest BCUT2D eigenvalue weighted by Crippen LogP contribution is 2.19. The average Bonchev–Trinajstić information content (AvgIpc) is 2.91. The molecule has 0 unspecified atom stereocenters. The molecule has 114 valence electrons. The third-order valence-electron chi connectivity index (χ3n) is 2.96. The Balaban J connectivity index is 0.00000106. The van der Waals surface area contributed by atoms with Gasteiger partial charge in [0.15, 0.2) is 0 Å². The van der Waals surface area contributed by atoms with Crippen LogP contribution in [0.2, 0.25) is 0 Å². The molecule has 1 aromatic carbocycles. The van der Waals surface area contributed by atoms with E-state index in [9.17, 15) is 9.59 Å². The highest BCUT2D eigenvalue weighted by Gasteiger charge is 2.21. The van der Waals surface area contributed by atoms with E-state index in [1.54, 1.807) is 0 Å². The predicted molar refractivity (Wildman–Crippen MR) is 83.0 cm³/mol. The number of carbonyl (C=O) groups excluding carboxylic acids is 2. The van der Waals surface area contributed by atoms with Crippen LogP contribution in [0.4, 0.5) is 0 Å². The van der Waals surface area contributed by atoms with Crippen molar-refractivity contribution in [1.29, 1.82) is 0 Å². The number of ether oxygens (including phenoxy) is 1. The van der Waals surface area contributed by atoms with Crippen molar-refractivity contribution >= 4 is 22.8 Å². The summed E-state index contributed by atoms with van der Waals surface area (Å²) < 4.78 is 4.71. The lowest BCUT2D eigenvalue weighted by Crippen LogP contribution is -2.41. The molecule has 0 saturated carbocycles. The maximum absolute atomic E-state index is 11.7. The second-order valence-electron chi connectivity index (χ2n) is 4.34. The van der Waals surface area contributed by atoms with Gasteiger partial charge in [0.25, 0.3) is 0 Å². The molecule has 0 spiro atoms. The zero-order chi connectivity index (χ0) is 15.8. The van der Waals surface area contributed by atoms with E-state index in [-0.39, 0.29) is 5.91 Å². The standard InChI is InChI=1S/C14H16N2O3.C2H6/c1-9(17)16-13(14(18)19-2)7-10-8-15-12-6-4-3-5-11(10)12;1-2/h3-6,8,13,15H,7H2,1-2H3,(H,16,17);1-2H3/t13-;/m0./s1. The Kier molecular flexibility index (Phi) is 6.46. The molecule has 1 aromatic heterocycles. The highest BCUT2D eigenvalue weighted by atomic mass is 16.5. The van der Waals surface area contributed by atoms with Gasteiger partial charge in [0.05, 0.1) is 7.11 Å². The first-order chi connectivity index (χ1) is 10.1. The summed E-state index contributed by atoms with van der Waals surface area (Å²) in [5.41, 5.74) is 1.98. The summed E-state index contributed by atoms with van der Waals surface area (Å²) in [5, 5.41) is 3.65. The molecule has 0 aliphatic heterocycles. The number of aromatic nitrogens is 1. The molecule has 2 N–H and O–H groups in total. The van der Waals surface area contributed by atoms with Crippen LogP contribution < -0.4 is 5.32 Å². The molecule has 0 fully saturated rings. The van der Waals surface area contributed by atoms with Crippen LogP contribution in [0.5, 0.6) is 0 Å². The van der Waals surface area contributed by atoms with Crippen molar-refractivity contribution in [3.8, 4) is 0 Å². The monoisotopic (exact) mass is 290 g/mol. The summed E-state index contributed by atoms with van der Waals surface area (Å²) in [6.45, 7) is 5.38. The van der Waals surface area contributed by atoms with Crippen molar-refractivity contribution in [2.75, 3.05) is 7.11 Å². The van der Waals surface area contributed by atoms with Crippen molar-refractivity contribution in [2.45, 2.75) is 33.2 Å². The Morgan fingerprint density at radius 1 is 1.29 bits per heavy atom. The van der Waals surface area contributed by atoms with E-state index in [0.717, 1.165) is 16.5 Å². The lowest BCUT2D eigenvalue weighted by atomic mass is 10.1. The van der Waals surface area contributed by atoms with Crippen molar-refractivity contribution in [2.24, 2.45) is 0 Å². The number of methoxy groups -OCH3 is 1. The van der Waals surface area contributed by atoms with Crippen molar-refractivity contribution in [3.05, 3.63) is 36.0 Å². The fraction of sp³-hybridized carbons (Fsp3) is 0.375. The molecule has 1 heterocycles. The van der Waals surface area contributed by atoms with Gasteiger partial charge in [-0.3, -0.25) is 4.79 Å². The van der Waals surface area contributed by atoms with E-state index in [0.29, 0.717) is 6.42 Å². The van der Waals surface area contributed by atoms with Crippen molar-refractivity contribution < 1.29 is 14.3 Å². The number of aromatic amines is 1. The third kappa shape index (κ3) is 4.34. The summed E-state index contributed by atoms with van der Waals surface area (Å²) in [5.74, 6) is -0.698. The van der Waals surface area contributed by atoms with Gasteiger partial charge >= 0.3 is 5.97 Å². The summed E-state index contributed by atoms with van der Waals surface area (Å²) in [4.78, 5) is 25.9. The van der Waals surface area contributed by atoms with Gasteiger partial charge in [-0.1, -0.05) is 32.0 Å². The van der Waals surface area contributed by atoms with Crippen LogP contribution in [0.25, 0.3) is 10.9 Å². The molecule has 5 heteroatoms. The number of amides is 1. The van der Waals surface area contributed by atoms with Gasteiger partial charge in [-0.05, 0) is 11.6 Å². The number of hydrogen-bond donors (Lipinski definition) is 2. The minimum absolute atomic E-state index is 0.254. The fourth-order valence-electron chi connectivity index (χ4n) is 2.10. The smallest absolute Gasteiger partial charge is 0.328 e. The number of H-pyrrole nitrogens is 1. The molecule has 1 atom stereocenters. The lowest BCUT2D eigenvalue weighted by molar-refractivity contribution is -0.144. The number of hydrogen-bond acceptors (Lipinski definition) is 3. The van der Waals surface area contributed by atoms with Gasteiger partial charge in [0.2, 0.25) is 5.91 Å². The number of fused-ring (bicyclic) bond motifs is 1. The first kappa shape index (κ1) is 16.8. The SMILES string of the molecule is CC.COC(=O)[C@H](Cc1c[nH]c2ccccc12)NC(C)=O. The Morgan fingerprint density at radius 3 is 2.57 bits per heavy atom. The first-order valence-electron chi connectivity index (χ1n) is 7.01. The molecule has 5 nitrogen and oxygen atoms in total. The first-order valence-corrected chi connectivity index (χ1v) is 7.01. The Hall–Kier alpha value is -2.30. The number of para-hydroxylation sites is 1. The molecular formula is C16H22N2O3. The molecule has 21 heavy (non-hydrogen) atoms. The number of carbonyl (C=O) groups is 2. The van der Waals surface area contributed by atoms with Crippen LogP contribution in [-0.2, 0) is 20.7 Å². The molecule has 0 saturated heterocycles.